The molecule has 0 bridgehead atoms. The lowest BCUT2D eigenvalue weighted by Gasteiger charge is -2.31. The Morgan fingerprint density at radius 2 is 2.12 bits per heavy atom. The molecule has 0 radical (unpaired) electrons. The van der Waals surface area contributed by atoms with Crippen LogP contribution in [0.1, 0.15) is 39.0 Å². The highest BCUT2D eigenvalue weighted by Gasteiger charge is 2.48. The second-order valence-electron chi connectivity index (χ2n) is 5.19. The molecule has 0 aliphatic heterocycles. The minimum Gasteiger partial charge on any atom is -0.337 e. The van der Waals surface area contributed by atoms with Gasteiger partial charge in [-0.3, -0.25) is 4.79 Å². The van der Waals surface area contributed by atoms with Gasteiger partial charge in [0.2, 0.25) is 5.91 Å². The molecule has 2 saturated carbocycles. The van der Waals surface area contributed by atoms with Gasteiger partial charge in [0.1, 0.15) is 0 Å². The van der Waals surface area contributed by atoms with E-state index in [1.807, 2.05) is 11.8 Å². The van der Waals surface area contributed by atoms with E-state index in [9.17, 15) is 4.79 Å². The van der Waals surface area contributed by atoms with Crippen LogP contribution in [-0.4, -0.2) is 28.9 Å². The summed E-state index contributed by atoms with van der Waals surface area (Å²) in [6.45, 7) is 2.38. The zero-order chi connectivity index (χ0) is 11.8. The monoisotopic (exact) mass is 221 g/mol. The standard InChI is InChI=1S/C12H19N3O/c1-12(14,9-3-4-9)11(16)15(8-2-7-13)10-5-6-10/h9-10H,2-6,8,14H2,1H3. The molecule has 0 aromatic carbocycles. The predicted molar refractivity (Wildman–Crippen MR) is 60.3 cm³/mol. The van der Waals surface area contributed by atoms with Crippen LogP contribution in [-0.2, 0) is 4.79 Å². The summed E-state index contributed by atoms with van der Waals surface area (Å²) >= 11 is 0. The van der Waals surface area contributed by atoms with Gasteiger partial charge < -0.3 is 10.6 Å². The summed E-state index contributed by atoms with van der Waals surface area (Å²) in [5, 5.41) is 8.60. The summed E-state index contributed by atoms with van der Waals surface area (Å²) < 4.78 is 0. The van der Waals surface area contributed by atoms with Gasteiger partial charge in [-0.15, -0.1) is 0 Å². The van der Waals surface area contributed by atoms with Crippen molar-refractivity contribution in [3.8, 4) is 6.07 Å². The Hall–Kier alpha value is -1.08. The molecule has 2 fully saturated rings. The maximum absolute atomic E-state index is 12.3. The third-order valence-corrected chi connectivity index (χ3v) is 3.60. The fraction of sp³-hybridized carbons (Fsp3) is 0.833. The van der Waals surface area contributed by atoms with Crippen molar-refractivity contribution in [1.29, 1.82) is 5.26 Å². The lowest BCUT2D eigenvalue weighted by atomic mass is 9.95. The zero-order valence-corrected chi connectivity index (χ0v) is 9.78. The molecule has 0 heterocycles. The predicted octanol–water partition coefficient (Wildman–Crippen LogP) is 1.02. The van der Waals surface area contributed by atoms with Crippen LogP contribution in [0.5, 0.6) is 0 Å². The molecule has 0 aromatic rings. The van der Waals surface area contributed by atoms with E-state index in [2.05, 4.69) is 6.07 Å². The first-order chi connectivity index (χ1) is 7.57. The topological polar surface area (TPSA) is 70.1 Å². The lowest BCUT2D eigenvalue weighted by molar-refractivity contribution is -0.137. The van der Waals surface area contributed by atoms with Gasteiger partial charge in [0.15, 0.2) is 0 Å². The molecule has 0 saturated heterocycles. The van der Waals surface area contributed by atoms with Gasteiger partial charge in [0.25, 0.3) is 0 Å². The molecule has 16 heavy (non-hydrogen) atoms. The van der Waals surface area contributed by atoms with Crippen molar-refractivity contribution >= 4 is 5.91 Å². The fourth-order valence-electron chi connectivity index (χ4n) is 2.17. The first-order valence-electron chi connectivity index (χ1n) is 6.04. The van der Waals surface area contributed by atoms with Crippen molar-refractivity contribution < 1.29 is 4.79 Å². The van der Waals surface area contributed by atoms with E-state index >= 15 is 0 Å². The summed E-state index contributed by atoms with van der Waals surface area (Å²) in [6, 6.07) is 2.45. The number of amides is 1. The summed E-state index contributed by atoms with van der Waals surface area (Å²) in [5.74, 6) is 0.399. The van der Waals surface area contributed by atoms with Crippen LogP contribution in [0, 0.1) is 17.2 Å². The van der Waals surface area contributed by atoms with E-state index in [-0.39, 0.29) is 5.91 Å². The van der Waals surface area contributed by atoms with Crippen molar-refractivity contribution in [3.05, 3.63) is 0 Å². The normalized spacial score (nSPS) is 23.3. The number of hydrogen-bond acceptors (Lipinski definition) is 3. The number of rotatable bonds is 5. The highest BCUT2D eigenvalue weighted by Crippen LogP contribution is 2.40. The zero-order valence-electron chi connectivity index (χ0n) is 9.78. The van der Waals surface area contributed by atoms with E-state index in [0.717, 1.165) is 25.7 Å². The van der Waals surface area contributed by atoms with E-state index in [1.54, 1.807) is 0 Å². The summed E-state index contributed by atoms with van der Waals surface area (Å²) in [7, 11) is 0. The van der Waals surface area contributed by atoms with Crippen LogP contribution in [0.3, 0.4) is 0 Å². The van der Waals surface area contributed by atoms with E-state index < -0.39 is 5.54 Å². The molecule has 1 amide bonds. The molecular weight excluding hydrogens is 202 g/mol. The first kappa shape index (κ1) is 11.4. The largest absolute Gasteiger partial charge is 0.337 e. The van der Waals surface area contributed by atoms with Gasteiger partial charge in [-0.25, -0.2) is 0 Å². The van der Waals surface area contributed by atoms with Gasteiger partial charge in [0, 0.05) is 12.6 Å². The lowest BCUT2D eigenvalue weighted by Crippen LogP contribution is -2.55. The Labute approximate surface area is 96.4 Å². The summed E-state index contributed by atoms with van der Waals surface area (Å²) in [5.41, 5.74) is 5.42. The Balaban J connectivity index is 2.01. The van der Waals surface area contributed by atoms with Gasteiger partial charge in [-0.1, -0.05) is 0 Å². The molecule has 2 rings (SSSR count). The second kappa shape index (κ2) is 4.06. The maximum atomic E-state index is 12.3. The van der Waals surface area contributed by atoms with Gasteiger partial charge in [0.05, 0.1) is 18.0 Å². The smallest absolute Gasteiger partial charge is 0.242 e. The highest BCUT2D eigenvalue weighted by atomic mass is 16.2. The third-order valence-electron chi connectivity index (χ3n) is 3.60. The Morgan fingerprint density at radius 3 is 2.56 bits per heavy atom. The first-order valence-corrected chi connectivity index (χ1v) is 6.04. The highest BCUT2D eigenvalue weighted by molar-refractivity contribution is 5.87. The van der Waals surface area contributed by atoms with Crippen LogP contribution < -0.4 is 5.73 Å². The SMILES string of the molecule is CC(N)(C(=O)N(CCC#N)C1CC1)C1CC1. The van der Waals surface area contributed by atoms with Crippen molar-refractivity contribution in [1.82, 2.24) is 4.90 Å². The van der Waals surface area contributed by atoms with Crippen molar-refractivity contribution in [2.75, 3.05) is 6.54 Å². The number of hydrogen-bond donors (Lipinski definition) is 1. The third kappa shape index (κ3) is 2.19. The average Bonchev–Trinajstić information content (AvgIpc) is 3.07. The molecule has 1 unspecified atom stereocenters. The molecule has 0 spiro atoms. The number of nitriles is 1. The van der Waals surface area contributed by atoms with Gasteiger partial charge in [-0.05, 0) is 38.5 Å². The molecule has 4 heteroatoms. The van der Waals surface area contributed by atoms with E-state index in [0.29, 0.717) is 24.9 Å². The Bertz CT molecular complexity index is 324. The molecular formula is C12H19N3O. The molecule has 0 aromatic heterocycles. The van der Waals surface area contributed by atoms with Crippen LogP contribution in [0.15, 0.2) is 0 Å². The number of nitrogens with zero attached hydrogens (tertiary/aromatic N) is 2. The summed E-state index contributed by atoms with van der Waals surface area (Å²) in [6.07, 6.45) is 4.67. The Kier molecular flexibility index (Phi) is 2.90. The second-order valence-corrected chi connectivity index (χ2v) is 5.19. The summed E-state index contributed by atoms with van der Waals surface area (Å²) in [4.78, 5) is 14.2. The van der Waals surface area contributed by atoms with Crippen molar-refractivity contribution in [3.63, 3.8) is 0 Å². The van der Waals surface area contributed by atoms with E-state index in [4.69, 9.17) is 11.0 Å². The number of carbonyl (C=O) groups is 1. The molecule has 4 nitrogen and oxygen atoms in total. The fourth-order valence-corrected chi connectivity index (χ4v) is 2.17. The number of nitrogens with two attached hydrogens (primary N) is 1. The minimum absolute atomic E-state index is 0.0488. The van der Waals surface area contributed by atoms with Crippen molar-refractivity contribution in [2.24, 2.45) is 11.7 Å². The van der Waals surface area contributed by atoms with E-state index in [1.165, 1.54) is 0 Å². The van der Waals surface area contributed by atoms with Crippen LogP contribution in [0.2, 0.25) is 0 Å². The minimum atomic E-state index is -0.710. The van der Waals surface area contributed by atoms with Crippen LogP contribution in [0.25, 0.3) is 0 Å². The molecule has 2 N–H and O–H groups in total. The van der Waals surface area contributed by atoms with Gasteiger partial charge >= 0.3 is 0 Å². The molecule has 88 valence electrons. The van der Waals surface area contributed by atoms with Crippen LogP contribution in [0.4, 0.5) is 0 Å². The van der Waals surface area contributed by atoms with Crippen molar-refractivity contribution in [2.45, 2.75) is 50.6 Å². The maximum Gasteiger partial charge on any atom is 0.242 e. The molecule has 2 aliphatic carbocycles. The molecule has 1 atom stereocenters. The average molecular weight is 221 g/mol. The Morgan fingerprint density at radius 1 is 1.50 bits per heavy atom. The molecule has 2 aliphatic rings. The van der Waals surface area contributed by atoms with Gasteiger partial charge in [-0.2, -0.15) is 5.26 Å². The quantitative estimate of drug-likeness (QED) is 0.753. The number of carbonyl (C=O) groups excluding carboxylic acids is 1. The van der Waals surface area contributed by atoms with Crippen LogP contribution >= 0.6 is 0 Å².